The minimum atomic E-state index is -0.759. The van der Waals surface area contributed by atoms with Crippen LogP contribution in [-0.4, -0.2) is 25.0 Å². The van der Waals surface area contributed by atoms with Gasteiger partial charge in [-0.3, -0.25) is 4.90 Å². The molecule has 3 aliphatic heterocycles. The fraction of sp³-hybridized carbons (Fsp3) is 0.316. The van der Waals surface area contributed by atoms with Crippen LogP contribution in [0.15, 0.2) is 42.5 Å². The number of benzene rings is 2. The molecule has 6 heteroatoms. The molecule has 2 unspecified atom stereocenters. The van der Waals surface area contributed by atoms with Crippen molar-refractivity contribution < 1.29 is 19.0 Å². The molecule has 0 aromatic heterocycles. The lowest BCUT2D eigenvalue weighted by molar-refractivity contribution is 0.0378. The largest absolute Gasteiger partial charge is 0.486 e. The van der Waals surface area contributed by atoms with Crippen LogP contribution < -0.4 is 24.4 Å². The highest BCUT2D eigenvalue weighted by atomic mass is 16.6. The van der Waals surface area contributed by atoms with Gasteiger partial charge in [0.2, 0.25) is 0 Å². The molecular weight excluding hydrogens is 320 g/mol. The third-order valence-electron chi connectivity index (χ3n) is 4.96. The maximum atomic E-state index is 12.9. The van der Waals surface area contributed by atoms with E-state index in [2.05, 4.69) is 5.32 Å². The average Bonchev–Trinajstić information content (AvgIpc) is 2.61. The first-order valence-corrected chi connectivity index (χ1v) is 8.42. The van der Waals surface area contributed by atoms with E-state index in [0.29, 0.717) is 31.1 Å². The summed E-state index contributed by atoms with van der Waals surface area (Å²) in [5.41, 5.74) is 0.989. The van der Waals surface area contributed by atoms with Gasteiger partial charge in [-0.1, -0.05) is 18.2 Å². The Morgan fingerprint density at radius 3 is 2.76 bits per heavy atom. The summed E-state index contributed by atoms with van der Waals surface area (Å²) in [4.78, 5) is 14.5. The first-order valence-electron chi connectivity index (χ1n) is 8.42. The molecule has 6 nitrogen and oxygen atoms in total. The van der Waals surface area contributed by atoms with Crippen molar-refractivity contribution in [3.8, 4) is 17.2 Å². The molecule has 3 aliphatic rings. The Bertz CT molecular complexity index is 868. The SMILES string of the molecule is CC12CC(NC(=O)N1c1ccc3c(c1)OCCO3)c1ccccc1O2. The van der Waals surface area contributed by atoms with Crippen molar-refractivity contribution >= 4 is 11.7 Å². The smallest absolute Gasteiger partial charge is 0.325 e. The zero-order valence-electron chi connectivity index (χ0n) is 13.8. The van der Waals surface area contributed by atoms with Gasteiger partial charge in [0.1, 0.15) is 19.0 Å². The van der Waals surface area contributed by atoms with Crippen molar-refractivity contribution in [2.75, 3.05) is 18.1 Å². The van der Waals surface area contributed by atoms with E-state index in [-0.39, 0.29) is 12.1 Å². The average molecular weight is 338 g/mol. The molecular formula is C19H18N2O4. The summed E-state index contributed by atoms with van der Waals surface area (Å²) in [6.45, 7) is 2.99. The molecule has 25 heavy (non-hydrogen) atoms. The monoisotopic (exact) mass is 338 g/mol. The number of para-hydroxylation sites is 1. The van der Waals surface area contributed by atoms with E-state index in [1.165, 1.54) is 0 Å². The van der Waals surface area contributed by atoms with Crippen molar-refractivity contribution in [1.29, 1.82) is 0 Å². The van der Waals surface area contributed by atoms with Crippen molar-refractivity contribution in [3.63, 3.8) is 0 Å². The van der Waals surface area contributed by atoms with Gasteiger partial charge in [0, 0.05) is 18.1 Å². The van der Waals surface area contributed by atoms with Gasteiger partial charge in [-0.25, -0.2) is 4.79 Å². The Hall–Kier alpha value is -2.89. The number of anilines is 1. The summed E-state index contributed by atoms with van der Waals surface area (Å²) >= 11 is 0. The molecule has 2 bridgehead atoms. The molecule has 1 fully saturated rings. The van der Waals surface area contributed by atoms with E-state index >= 15 is 0 Å². The lowest BCUT2D eigenvalue weighted by Crippen LogP contribution is -2.65. The molecule has 0 aliphatic carbocycles. The summed E-state index contributed by atoms with van der Waals surface area (Å²) in [5.74, 6) is 2.16. The number of ether oxygens (including phenoxy) is 3. The molecule has 2 atom stereocenters. The van der Waals surface area contributed by atoms with E-state index in [9.17, 15) is 4.79 Å². The minimum absolute atomic E-state index is 0.0455. The molecule has 1 saturated heterocycles. The highest BCUT2D eigenvalue weighted by Crippen LogP contribution is 2.46. The Morgan fingerprint density at radius 2 is 1.88 bits per heavy atom. The van der Waals surface area contributed by atoms with Crippen LogP contribution in [0.4, 0.5) is 10.5 Å². The van der Waals surface area contributed by atoms with Gasteiger partial charge in [-0.15, -0.1) is 0 Å². The van der Waals surface area contributed by atoms with Crippen LogP contribution in [0.3, 0.4) is 0 Å². The van der Waals surface area contributed by atoms with Crippen molar-refractivity contribution in [2.24, 2.45) is 0 Å². The quantitative estimate of drug-likeness (QED) is 0.867. The van der Waals surface area contributed by atoms with Crippen LogP contribution in [0.5, 0.6) is 17.2 Å². The minimum Gasteiger partial charge on any atom is -0.486 e. The second kappa shape index (κ2) is 5.05. The third kappa shape index (κ3) is 2.13. The van der Waals surface area contributed by atoms with Gasteiger partial charge in [-0.2, -0.15) is 0 Å². The van der Waals surface area contributed by atoms with Gasteiger partial charge < -0.3 is 19.5 Å². The molecule has 2 aromatic carbocycles. The normalized spacial score (nSPS) is 26.4. The van der Waals surface area contributed by atoms with Crippen molar-refractivity contribution in [1.82, 2.24) is 5.32 Å². The third-order valence-corrected chi connectivity index (χ3v) is 4.96. The number of carbonyl (C=O) groups is 1. The van der Waals surface area contributed by atoms with E-state index in [4.69, 9.17) is 14.2 Å². The molecule has 0 spiro atoms. The van der Waals surface area contributed by atoms with E-state index in [0.717, 1.165) is 17.0 Å². The van der Waals surface area contributed by atoms with Gasteiger partial charge in [0.15, 0.2) is 17.2 Å². The van der Waals surface area contributed by atoms with Gasteiger partial charge in [0.25, 0.3) is 0 Å². The zero-order chi connectivity index (χ0) is 17.0. The maximum absolute atomic E-state index is 12.9. The van der Waals surface area contributed by atoms with Crippen LogP contribution in [0, 0.1) is 0 Å². The molecule has 128 valence electrons. The topological polar surface area (TPSA) is 60.0 Å². The van der Waals surface area contributed by atoms with Crippen molar-refractivity contribution in [2.45, 2.75) is 25.1 Å². The molecule has 3 heterocycles. The maximum Gasteiger partial charge on any atom is 0.325 e. The van der Waals surface area contributed by atoms with Crippen LogP contribution in [0.2, 0.25) is 0 Å². The van der Waals surface area contributed by atoms with Gasteiger partial charge in [0.05, 0.1) is 11.7 Å². The summed E-state index contributed by atoms with van der Waals surface area (Å²) in [7, 11) is 0. The number of hydrogen-bond acceptors (Lipinski definition) is 4. The first kappa shape index (κ1) is 14.5. The number of nitrogens with one attached hydrogen (secondary N) is 1. The lowest BCUT2D eigenvalue weighted by atomic mass is 9.90. The second-order valence-electron chi connectivity index (χ2n) is 6.68. The first-order chi connectivity index (χ1) is 12.1. The standard InChI is InChI=1S/C19H18N2O4/c1-19-11-14(13-4-2-3-5-15(13)25-19)20-18(22)21(19)12-6-7-16-17(10-12)24-9-8-23-16/h2-7,10,14H,8-9,11H2,1H3,(H,20,22). The number of rotatable bonds is 1. The van der Waals surface area contributed by atoms with Crippen molar-refractivity contribution in [3.05, 3.63) is 48.0 Å². The Morgan fingerprint density at radius 1 is 1.08 bits per heavy atom. The second-order valence-corrected chi connectivity index (χ2v) is 6.68. The molecule has 1 N–H and O–H groups in total. The number of amides is 2. The molecule has 2 aromatic rings. The molecule has 5 rings (SSSR count). The number of fused-ring (bicyclic) bond motifs is 5. The van der Waals surface area contributed by atoms with Crippen LogP contribution in [0.25, 0.3) is 0 Å². The lowest BCUT2D eigenvalue weighted by Gasteiger charge is -2.50. The van der Waals surface area contributed by atoms with E-state index in [1.807, 2.05) is 49.4 Å². The van der Waals surface area contributed by atoms with Crippen LogP contribution >= 0.6 is 0 Å². The van der Waals surface area contributed by atoms with Gasteiger partial charge in [-0.05, 0) is 25.1 Å². The van der Waals surface area contributed by atoms with E-state index < -0.39 is 5.72 Å². The molecule has 0 saturated carbocycles. The fourth-order valence-electron chi connectivity index (χ4n) is 3.88. The number of hydrogen-bond donors (Lipinski definition) is 1. The highest BCUT2D eigenvalue weighted by Gasteiger charge is 2.49. The molecule has 0 radical (unpaired) electrons. The summed E-state index contributed by atoms with van der Waals surface area (Å²) < 4.78 is 17.5. The predicted molar refractivity (Wildman–Crippen MR) is 91.3 cm³/mol. The summed E-state index contributed by atoms with van der Waals surface area (Å²) in [6.07, 6.45) is 0.671. The van der Waals surface area contributed by atoms with Crippen LogP contribution in [0.1, 0.15) is 24.9 Å². The highest BCUT2D eigenvalue weighted by molar-refractivity contribution is 5.95. The predicted octanol–water partition coefficient (Wildman–Crippen LogP) is 3.23. The number of nitrogens with zero attached hydrogens (tertiary/aromatic N) is 1. The Balaban J connectivity index is 1.57. The Kier molecular flexibility index (Phi) is 2.92. The van der Waals surface area contributed by atoms with Gasteiger partial charge >= 0.3 is 6.03 Å². The number of urea groups is 1. The number of carbonyl (C=O) groups excluding carboxylic acids is 1. The van der Waals surface area contributed by atoms with E-state index in [1.54, 1.807) is 4.90 Å². The zero-order valence-corrected chi connectivity index (χ0v) is 13.8. The summed E-state index contributed by atoms with van der Waals surface area (Å²) in [5, 5.41) is 3.09. The van der Waals surface area contributed by atoms with Crippen LogP contribution in [-0.2, 0) is 0 Å². The molecule has 2 amide bonds. The summed E-state index contributed by atoms with van der Waals surface area (Å²) in [6, 6.07) is 13.2. The Labute approximate surface area is 145 Å². The fourth-order valence-corrected chi connectivity index (χ4v) is 3.88.